The Balaban J connectivity index is 1.40. The van der Waals surface area contributed by atoms with Crippen LogP contribution < -0.4 is 4.74 Å². The molecule has 0 spiro atoms. The number of rotatable bonds is 4. The topological polar surface area (TPSA) is 56.1 Å². The van der Waals surface area contributed by atoms with Gasteiger partial charge in [-0.25, -0.2) is 4.98 Å². The second kappa shape index (κ2) is 8.60. The molecule has 1 saturated carbocycles. The van der Waals surface area contributed by atoms with Crippen LogP contribution in [0.3, 0.4) is 0 Å². The number of hydrogen-bond donors (Lipinski definition) is 0. The molecule has 1 aliphatic heterocycles. The molecule has 1 atom stereocenters. The number of hydrogen-bond acceptors (Lipinski definition) is 5. The number of halogens is 1. The summed E-state index contributed by atoms with van der Waals surface area (Å²) in [4.78, 5) is 6.57. The van der Waals surface area contributed by atoms with Gasteiger partial charge in [-0.2, -0.15) is 0 Å². The first-order valence-corrected chi connectivity index (χ1v) is 11.4. The maximum atomic E-state index is 6.36. The van der Waals surface area contributed by atoms with E-state index in [2.05, 4.69) is 45.8 Å². The van der Waals surface area contributed by atoms with Gasteiger partial charge in [-0.1, -0.05) is 17.7 Å². The monoisotopic (exact) mass is 437 g/mol. The van der Waals surface area contributed by atoms with Crippen LogP contribution in [0.4, 0.5) is 0 Å². The van der Waals surface area contributed by atoms with Crippen molar-refractivity contribution in [2.75, 3.05) is 14.1 Å². The summed E-state index contributed by atoms with van der Waals surface area (Å²) in [6, 6.07) is 12.4. The Morgan fingerprint density at radius 3 is 2.61 bits per heavy atom. The van der Waals surface area contributed by atoms with E-state index in [1.807, 2.05) is 24.3 Å². The third-order valence-corrected chi connectivity index (χ3v) is 6.84. The molecule has 0 N–H and O–H groups in total. The molecule has 0 saturated heterocycles. The molecular weight excluding hydrogens is 410 g/mol. The lowest BCUT2D eigenvalue weighted by Crippen LogP contribution is -2.31. The SMILES string of the molecule is CN(C)C1Cc2cc(Cl)ccc2-n2c(nnc2[C@H]2CC[C@H](Oc3ccccn3)CC2)C1. The van der Waals surface area contributed by atoms with Gasteiger partial charge in [0, 0.05) is 35.7 Å². The summed E-state index contributed by atoms with van der Waals surface area (Å²) in [6.45, 7) is 0. The van der Waals surface area contributed by atoms with Crippen LogP contribution in [0.25, 0.3) is 5.69 Å². The number of fused-ring (bicyclic) bond motifs is 3. The fraction of sp³-hybridized carbons (Fsp3) is 0.458. The standard InChI is InChI=1S/C24H28ClN5O/c1-29(2)19-14-17-13-18(25)8-11-21(17)30-22(15-19)27-28-24(30)16-6-9-20(10-7-16)31-23-5-3-4-12-26-23/h3-5,8,11-13,16,19-20H,6-7,9-10,14-15H2,1-2H3/t16-,19?,20-. The van der Waals surface area contributed by atoms with E-state index in [1.54, 1.807) is 6.20 Å². The van der Waals surface area contributed by atoms with Gasteiger partial charge in [0.25, 0.3) is 0 Å². The highest BCUT2D eigenvalue weighted by atomic mass is 35.5. The van der Waals surface area contributed by atoms with Crippen LogP contribution in [-0.4, -0.2) is 50.9 Å². The van der Waals surface area contributed by atoms with E-state index in [0.29, 0.717) is 17.8 Å². The van der Waals surface area contributed by atoms with Crippen molar-refractivity contribution in [3.8, 4) is 11.6 Å². The lowest BCUT2D eigenvalue weighted by molar-refractivity contribution is 0.139. The van der Waals surface area contributed by atoms with Crippen molar-refractivity contribution < 1.29 is 4.74 Å². The van der Waals surface area contributed by atoms with E-state index in [4.69, 9.17) is 21.4 Å². The first-order chi connectivity index (χ1) is 15.1. The highest BCUT2D eigenvalue weighted by Gasteiger charge is 2.32. The molecule has 3 heterocycles. The highest BCUT2D eigenvalue weighted by Crippen LogP contribution is 2.37. The van der Waals surface area contributed by atoms with Gasteiger partial charge in [-0.3, -0.25) is 4.57 Å². The lowest BCUT2D eigenvalue weighted by Gasteiger charge is -2.28. The van der Waals surface area contributed by atoms with Gasteiger partial charge in [-0.05, 0) is 76.0 Å². The quantitative estimate of drug-likeness (QED) is 0.603. The van der Waals surface area contributed by atoms with Gasteiger partial charge in [0.15, 0.2) is 0 Å². The number of aromatic nitrogens is 4. The van der Waals surface area contributed by atoms with Crippen molar-refractivity contribution in [1.29, 1.82) is 0 Å². The molecule has 5 rings (SSSR count). The zero-order valence-electron chi connectivity index (χ0n) is 18.0. The van der Waals surface area contributed by atoms with Crippen LogP contribution in [0.15, 0.2) is 42.6 Å². The molecule has 1 aliphatic carbocycles. The van der Waals surface area contributed by atoms with Gasteiger partial charge in [0.1, 0.15) is 17.8 Å². The molecule has 6 nitrogen and oxygen atoms in total. The number of pyridine rings is 1. The smallest absolute Gasteiger partial charge is 0.213 e. The fourth-order valence-electron chi connectivity index (χ4n) is 4.85. The molecule has 0 bridgehead atoms. The van der Waals surface area contributed by atoms with Gasteiger partial charge < -0.3 is 9.64 Å². The zero-order valence-corrected chi connectivity index (χ0v) is 18.8. The molecule has 0 radical (unpaired) electrons. The largest absolute Gasteiger partial charge is 0.474 e. The molecule has 2 aromatic heterocycles. The van der Waals surface area contributed by atoms with Crippen molar-refractivity contribution in [2.45, 2.75) is 56.6 Å². The molecule has 1 unspecified atom stereocenters. The molecule has 1 fully saturated rings. The number of benzene rings is 1. The Labute approximate surface area is 188 Å². The average molecular weight is 438 g/mol. The van der Waals surface area contributed by atoms with Crippen LogP contribution >= 0.6 is 11.6 Å². The molecule has 2 aliphatic rings. The highest BCUT2D eigenvalue weighted by molar-refractivity contribution is 6.30. The van der Waals surface area contributed by atoms with Gasteiger partial charge in [0.2, 0.25) is 5.88 Å². The summed E-state index contributed by atoms with van der Waals surface area (Å²) in [7, 11) is 4.26. The van der Waals surface area contributed by atoms with E-state index < -0.39 is 0 Å². The predicted molar refractivity (Wildman–Crippen MR) is 121 cm³/mol. The summed E-state index contributed by atoms with van der Waals surface area (Å²) < 4.78 is 8.39. The lowest BCUT2D eigenvalue weighted by atomic mass is 9.86. The van der Waals surface area contributed by atoms with Gasteiger partial charge >= 0.3 is 0 Å². The van der Waals surface area contributed by atoms with E-state index in [1.165, 1.54) is 11.3 Å². The summed E-state index contributed by atoms with van der Waals surface area (Å²) in [5, 5.41) is 10.1. The van der Waals surface area contributed by atoms with E-state index >= 15 is 0 Å². The summed E-state index contributed by atoms with van der Waals surface area (Å²) in [6.07, 6.45) is 7.89. The zero-order chi connectivity index (χ0) is 21.4. The fourth-order valence-corrected chi connectivity index (χ4v) is 5.05. The van der Waals surface area contributed by atoms with Crippen molar-refractivity contribution in [2.24, 2.45) is 0 Å². The summed E-state index contributed by atoms with van der Waals surface area (Å²) in [5.41, 5.74) is 2.44. The second-order valence-electron chi connectivity index (χ2n) is 8.87. The molecular formula is C24H28ClN5O. The minimum absolute atomic E-state index is 0.210. The Bertz CT molecular complexity index is 1040. The second-order valence-corrected chi connectivity index (χ2v) is 9.30. The Morgan fingerprint density at radius 1 is 1.03 bits per heavy atom. The van der Waals surface area contributed by atoms with Crippen LogP contribution in [0, 0.1) is 0 Å². The average Bonchev–Trinajstić information content (AvgIpc) is 3.10. The van der Waals surface area contributed by atoms with E-state index in [9.17, 15) is 0 Å². The Kier molecular flexibility index (Phi) is 5.67. The maximum Gasteiger partial charge on any atom is 0.213 e. The molecule has 7 heteroatoms. The molecule has 31 heavy (non-hydrogen) atoms. The van der Waals surface area contributed by atoms with Crippen molar-refractivity contribution in [3.05, 3.63) is 64.8 Å². The van der Waals surface area contributed by atoms with Crippen LogP contribution in [0.1, 0.15) is 48.8 Å². The van der Waals surface area contributed by atoms with Crippen molar-refractivity contribution in [3.63, 3.8) is 0 Å². The van der Waals surface area contributed by atoms with E-state index in [0.717, 1.165) is 55.2 Å². The van der Waals surface area contributed by atoms with Crippen LogP contribution in [0.2, 0.25) is 5.02 Å². The van der Waals surface area contributed by atoms with Crippen LogP contribution in [0.5, 0.6) is 5.88 Å². The van der Waals surface area contributed by atoms with Gasteiger partial charge in [-0.15, -0.1) is 10.2 Å². The minimum Gasteiger partial charge on any atom is -0.474 e. The third-order valence-electron chi connectivity index (χ3n) is 6.61. The Morgan fingerprint density at radius 2 is 1.87 bits per heavy atom. The van der Waals surface area contributed by atoms with Crippen molar-refractivity contribution in [1.82, 2.24) is 24.6 Å². The minimum atomic E-state index is 0.210. The number of likely N-dealkylation sites (N-methyl/N-ethyl adjacent to an activating group) is 1. The number of ether oxygens (including phenoxy) is 1. The predicted octanol–water partition coefficient (Wildman–Crippen LogP) is 4.45. The first kappa shape index (κ1) is 20.5. The van der Waals surface area contributed by atoms with Gasteiger partial charge in [0.05, 0.1) is 5.69 Å². The number of nitrogens with zero attached hydrogens (tertiary/aromatic N) is 5. The molecule has 1 aromatic carbocycles. The third kappa shape index (κ3) is 4.19. The molecule has 3 aromatic rings. The first-order valence-electron chi connectivity index (χ1n) is 11.1. The Hall–Kier alpha value is -2.44. The normalized spacial score (nSPS) is 23.2. The summed E-state index contributed by atoms with van der Waals surface area (Å²) in [5.74, 6) is 3.21. The molecule has 162 valence electrons. The van der Waals surface area contributed by atoms with Crippen LogP contribution in [-0.2, 0) is 12.8 Å². The summed E-state index contributed by atoms with van der Waals surface area (Å²) >= 11 is 6.36. The maximum absolute atomic E-state index is 6.36. The van der Waals surface area contributed by atoms with Crippen molar-refractivity contribution >= 4 is 11.6 Å². The molecule has 0 amide bonds. The van der Waals surface area contributed by atoms with E-state index in [-0.39, 0.29) is 6.10 Å².